The largest absolute Gasteiger partial charge is 0.465 e. The molecule has 1 N–H and O–H groups in total. The monoisotopic (exact) mass is 199 g/mol. The van der Waals surface area contributed by atoms with Crippen molar-refractivity contribution >= 4 is 6.09 Å². The highest BCUT2D eigenvalue weighted by Gasteiger charge is 2.25. The van der Waals surface area contributed by atoms with Crippen LogP contribution in [0.1, 0.15) is 51.9 Å². The Hall–Kier alpha value is -0.730. The number of nitrogens with zero attached hydrogens (tertiary/aromatic N) is 1. The summed E-state index contributed by atoms with van der Waals surface area (Å²) in [5.74, 6) is 0. The zero-order valence-electron chi connectivity index (χ0n) is 9.04. The van der Waals surface area contributed by atoms with Gasteiger partial charge in [0.25, 0.3) is 0 Å². The van der Waals surface area contributed by atoms with Crippen LogP contribution in [0.4, 0.5) is 4.79 Å². The lowest BCUT2D eigenvalue weighted by Gasteiger charge is -2.33. The minimum atomic E-state index is -0.730. The molecule has 14 heavy (non-hydrogen) atoms. The van der Waals surface area contributed by atoms with E-state index in [1.807, 2.05) is 0 Å². The minimum Gasteiger partial charge on any atom is -0.465 e. The number of rotatable bonds is 4. The number of likely N-dealkylation sites (tertiary alicyclic amines) is 1. The average Bonchev–Trinajstić information content (AvgIpc) is 2.19. The second kappa shape index (κ2) is 5.89. The average molecular weight is 199 g/mol. The van der Waals surface area contributed by atoms with Gasteiger partial charge < -0.3 is 10.0 Å². The van der Waals surface area contributed by atoms with Gasteiger partial charge >= 0.3 is 6.09 Å². The molecule has 3 nitrogen and oxygen atoms in total. The van der Waals surface area contributed by atoms with Crippen LogP contribution >= 0.6 is 0 Å². The Morgan fingerprint density at radius 1 is 1.43 bits per heavy atom. The molecule has 0 radical (unpaired) electrons. The van der Waals surface area contributed by atoms with Crippen LogP contribution in [-0.4, -0.2) is 28.7 Å². The van der Waals surface area contributed by atoms with Gasteiger partial charge in [-0.2, -0.15) is 0 Å². The van der Waals surface area contributed by atoms with Crippen molar-refractivity contribution in [2.45, 2.75) is 57.9 Å². The van der Waals surface area contributed by atoms with E-state index >= 15 is 0 Å². The summed E-state index contributed by atoms with van der Waals surface area (Å²) in [7, 11) is 0. The molecule has 0 aromatic carbocycles. The van der Waals surface area contributed by atoms with Crippen LogP contribution in [0.25, 0.3) is 0 Å². The molecular formula is C11H21NO2. The molecule has 0 unspecified atom stereocenters. The zero-order chi connectivity index (χ0) is 10.4. The number of hydrogen-bond donors (Lipinski definition) is 1. The fourth-order valence-corrected chi connectivity index (χ4v) is 2.18. The van der Waals surface area contributed by atoms with Crippen molar-refractivity contribution in [3.05, 3.63) is 0 Å². The molecule has 1 rings (SSSR count). The van der Waals surface area contributed by atoms with Crippen LogP contribution in [0, 0.1) is 0 Å². The van der Waals surface area contributed by atoms with E-state index in [1.54, 1.807) is 4.90 Å². The van der Waals surface area contributed by atoms with Gasteiger partial charge in [-0.1, -0.05) is 26.2 Å². The lowest BCUT2D eigenvalue weighted by atomic mass is 9.97. The highest BCUT2D eigenvalue weighted by Crippen LogP contribution is 2.21. The second-order valence-corrected chi connectivity index (χ2v) is 4.12. The smallest absolute Gasteiger partial charge is 0.407 e. The molecule has 1 aliphatic rings. The molecule has 1 saturated heterocycles. The maximum Gasteiger partial charge on any atom is 0.407 e. The first-order chi connectivity index (χ1) is 6.75. The highest BCUT2D eigenvalue weighted by molar-refractivity contribution is 5.65. The molecule has 82 valence electrons. The fourth-order valence-electron chi connectivity index (χ4n) is 2.18. The summed E-state index contributed by atoms with van der Waals surface area (Å²) in [5.41, 5.74) is 0. The summed E-state index contributed by atoms with van der Waals surface area (Å²) in [4.78, 5) is 12.6. The van der Waals surface area contributed by atoms with E-state index in [0.29, 0.717) is 6.04 Å². The molecule has 1 aliphatic heterocycles. The van der Waals surface area contributed by atoms with Crippen molar-refractivity contribution in [1.29, 1.82) is 0 Å². The number of carboxylic acid groups (broad SMARTS) is 1. The minimum absolute atomic E-state index is 0.299. The summed E-state index contributed by atoms with van der Waals surface area (Å²) in [6.07, 6.45) is 7.23. The van der Waals surface area contributed by atoms with Crippen molar-refractivity contribution in [2.75, 3.05) is 6.54 Å². The fraction of sp³-hybridized carbons (Fsp3) is 0.909. The van der Waals surface area contributed by atoms with Gasteiger partial charge in [-0.15, -0.1) is 0 Å². The van der Waals surface area contributed by atoms with Crippen LogP contribution in [0.15, 0.2) is 0 Å². The van der Waals surface area contributed by atoms with E-state index in [0.717, 1.165) is 25.8 Å². The van der Waals surface area contributed by atoms with E-state index in [4.69, 9.17) is 5.11 Å². The lowest BCUT2D eigenvalue weighted by Crippen LogP contribution is -2.42. The van der Waals surface area contributed by atoms with Gasteiger partial charge in [0, 0.05) is 12.6 Å². The van der Waals surface area contributed by atoms with E-state index in [2.05, 4.69) is 6.92 Å². The molecule has 0 spiro atoms. The molecule has 0 aromatic heterocycles. The molecule has 0 bridgehead atoms. The molecule has 1 atom stereocenters. The van der Waals surface area contributed by atoms with Crippen LogP contribution in [0.3, 0.4) is 0 Å². The highest BCUT2D eigenvalue weighted by atomic mass is 16.4. The van der Waals surface area contributed by atoms with E-state index in [-0.39, 0.29) is 0 Å². The van der Waals surface area contributed by atoms with E-state index in [1.165, 1.54) is 25.7 Å². The number of amides is 1. The maximum absolute atomic E-state index is 10.9. The first-order valence-electron chi connectivity index (χ1n) is 5.75. The summed E-state index contributed by atoms with van der Waals surface area (Å²) in [6.45, 7) is 2.92. The molecule has 0 saturated carbocycles. The van der Waals surface area contributed by atoms with Gasteiger partial charge in [-0.05, 0) is 25.7 Å². The zero-order valence-corrected chi connectivity index (χ0v) is 9.04. The Kier molecular flexibility index (Phi) is 4.77. The number of piperidine rings is 1. The van der Waals surface area contributed by atoms with Gasteiger partial charge in [-0.3, -0.25) is 0 Å². The van der Waals surface area contributed by atoms with Gasteiger partial charge in [0.1, 0.15) is 0 Å². The number of unbranched alkanes of at least 4 members (excludes halogenated alkanes) is 2. The molecule has 1 heterocycles. The van der Waals surface area contributed by atoms with Crippen LogP contribution in [0.5, 0.6) is 0 Å². The summed E-state index contributed by atoms with van der Waals surface area (Å²) in [5, 5.41) is 8.99. The third kappa shape index (κ3) is 3.20. The predicted octanol–water partition coefficient (Wildman–Crippen LogP) is 3.10. The summed E-state index contributed by atoms with van der Waals surface area (Å²) >= 11 is 0. The molecule has 3 heteroatoms. The third-order valence-corrected chi connectivity index (χ3v) is 3.01. The molecule has 1 amide bonds. The topological polar surface area (TPSA) is 40.5 Å². The van der Waals surface area contributed by atoms with Gasteiger partial charge in [0.15, 0.2) is 0 Å². The van der Waals surface area contributed by atoms with Crippen molar-refractivity contribution in [2.24, 2.45) is 0 Å². The molecule has 0 aliphatic carbocycles. The Morgan fingerprint density at radius 2 is 2.21 bits per heavy atom. The first-order valence-corrected chi connectivity index (χ1v) is 5.75. The lowest BCUT2D eigenvalue weighted by molar-refractivity contribution is 0.102. The third-order valence-electron chi connectivity index (χ3n) is 3.01. The SMILES string of the molecule is CCCCC[C@H]1CCCCN1C(=O)O. The Balaban J connectivity index is 2.34. The maximum atomic E-state index is 10.9. The summed E-state index contributed by atoms with van der Waals surface area (Å²) < 4.78 is 0. The predicted molar refractivity (Wildman–Crippen MR) is 56.5 cm³/mol. The number of hydrogen-bond acceptors (Lipinski definition) is 1. The van der Waals surface area contributed by atoms with Crippen LogP contribution in [-0.2, 0) is 0 Å². The van der Waals surface area contributed by atoms with E-state index < -0.39 is 6.09 Å². The van der Waals surface area contributed by atoms with Crippen molar-refractivity contribution < 1.29 is 9.90 Å². The number of carbonyl (C=O) groups is 1. The Morgan fingerprint density at radius 3 is 2.86 bits per heavy atom. The normalized spacial score (nSPS) is 22.4. The summed E-state index contributed by atoms with van der Waals surface area (Å²) in [6, 6.07) is 0.299. The Bertz CT molecular complexity index is 182. The van der Waals surface area contributed by atoms with Crippen LogP contribution < -0.4 is 0 Å². The molecular weight excluding hydrogens is 178 g/mol. The van der Waals surface area contributed by atoms with Gasteiger partial charge in [0.2, 0.25) is 0 Å². The van der Waals surface area contributed by atoms with Crippen molar-refractivity contribution in [3.8, 4) is 0 Å². The molecule has 0 aromatic rings. The van der Waals surface area contributed by atoms with Crippen molar-refractivity contribution in [3.63, 3.8) is 0 Å². The van der Waals surface area contributed by atoms with Gasteiger partial charge in [0.05, 0.1) is 0 Å². The molecule has 1 fully saturated rings. The Labute approximate surface area is 86.1 Å². The second-order valence-electron chi connectivity index (χ2n) is 4.12. The van der Waals surface area contributed by atoms with Gasteiger partial charge in [-0.25, -0.2) is 4.79 Å². The standard InChI is InChI=1S/C11H21NO2/c1-2-3-4-7-10-8-5-6-9-12(10)11(13)14/h10H,2-9H2,1H3,(H,13,14)/t10-/m0/s1. The van der Waals surface area contributed by atoms with E-state index in [9.17, 15) is 4.79 Å². The van der Waals surface area contributed by atoms with Crippen LogP contribution in [0.2, 0.25) is 0 Å². The first kappa shape index (κ1) is 11.3. The van der Waals surface area contributed by atoms with Crippen molar-refractivity contribution in [1.82, 2.24) is 4.90 Å². The quantitative estimate of drug-likeness (QED) is 0.707.